The lowest BCUT2D eigenvalue weighted by molar-refractivity contribution is -0.0127. The van der Waals surface area contributed by atoms with Crippen LogP contribution in [0.2, 0.25) is 0 Å². The summed E-state index contributed by atoms with van der Waals surface area (Å²) in [5, 5.41) is 13.4. The predicted molar refractivity (Wildman–Crippen MR) is 114 cm³/mol. The van der Waals surface area contributed by atoms with Gasteiger partial charge in [-0.3, -0.25) is 0 Å². The molecule has 0 radical (unpaired) electrons. The molecule has 0 atom stereocenters. The van der Waals surface area contributed by atoms with Gasteiger partial charge < -0.3 is 15.4 Å². The van der Waals surface area contributed by atoms with Crippen molar-refractivity contribution in [3.8, 4) is 5.88 Å². The number of rotatable bonds is 5. The van der Waals surface area contributed by atoms with E-state index >= 15 is 0 Å². The molecule has 2 aromatic rings. The highest BCUT2D eigenvalue weighted by Gasteiger charge is 2.51. The zero-order valence-corrected chi connectivity index (χ0v) is 18.2. The maximum atomic E-state index is 12.7. The van der Waals surface area contributed by atoms with E-state index in [9.17, 15) is 13.2 Å². The highest BCUT2D eigenvalue weighted by molar-refractivity contribution is 7.91. The van der Waals surface area contributed by atoms with E-state index in [2.05, 4.69) is 20.8 Å². The first-order valence-electron chi connectivity index (χ1n) is 10.7. The molecule has 31 heavy (non-hydrogen) atoms. The molecule has 0 aliphatic heterocycles. The SMILES string of the molecule is COc1ccc(S(=O)(=O)c2ccc(NC(=O)NC34CC5CC(CC(C5)C3)C4)cc2)nn1. The molecule has 164 valence electrons. The number of methoxy groups -OCH3 is 1. The van der Waals surface area contributed by atoms with Gasteiger partial charge in [0, 0.05) is 17.3 Å². The monoisotopic (exact) mass is 442 g/mol. The Kier molecular flexibility index (Phi) is 4.88. The first-order chi connectivity index (χ1) is 14.8. The molecule has 9 heteroatoms. The van der Waals surface area contributed by atoms with Crippen molar-refractivity contribution in [2.24, 2.45) is 17.8 Å². The third kappa shape index (κ3) is 3.86. The van der Waals surface area contributed by atoms with Gasteiger partial charge in [0.15, 0.2) is 5.03 Å². The molecule has 2 amide bonds. The summed E-state index contributed by atoms with van der Waals surface area (Å²) >= 11 is 0. The smallest absolute Gasteiger partial charge is 0.319 e. The number of hydrogen-bond donors (Lipinski definition) is 2. The summed E-state index contributed by atoms with van der Waals surface area (Å²) in [5.41, 5.74) is 0.469. The van der Waals surface area contributed by atoms with Crippen LogP contribution < -0.4 is 15.4 Å². The first-order valence-corrected chi connectivity index (χ1v) is 12.2. The lowest BCUT2D eigenvalue weighted by atomic mass is 9.53. The van der Waals surface area contributed by atoms with Gasteiger partial charge in [-0.2, -0.15) is 0 Å². The molecule has 4 aliphatic carbocycles. The van der Waals surface area contributed by atoms with Crippen molar-refractivity contribution in [1.82, 2.24) is 15.5 Å². The fourth-order valence-corrected chi connectivity index (χ4v) is 7.20. The highest BCUT2D eigenvalue weighted by Crippen LogP contribution is 2.55. The molecule has 6 rings (SSSR count). The second-order valence-electron chi connectivity index (χ2n) is 9.22. The van der Waals surface area contributed by atoms with Crippen LogP contribution in [-0.4, -0.2) is 37.3 Å². The van der Waals surface area contributed by atoms with Crippen molar-refractivity contribution in [3.63, 3.8) is 0 Å². The number of carbonyl (C=O) groups is 1. The Balaban J connectivity index is 1.25. The van der Waals surface area contributed by atoms with Gasteiger partial charge in [0.25, 0.3) is 0 Å². The van der Waals surface area contributed by atoms with E-state index in [4.69, 9.17) is 4.74 Å². The van der Waals surface area contributed by atoms with Gasteiger partial charge in [0.2, 0.25) is 15.7 Å². The van der Waals surface area contributed by atoms with Gasteiger partial charge in [-0.05, 0) is 86.6 Å². The van der Waals surface area contributed by atoms with Gasteiger partial charge in [-0.15, -0.1) is 10.2 Å². The number of ether oxygens (including phenoxy) is 1. The Morgan fingerprint density at radius 2 is 1.58 bits per heavy atom. The van der Waals surface area contributed by atoms with E-state index < -0.39 is 9.84 Å². The molecule has 4 aliphatic rings. The molecule has 0 spiro atoms. The van der Waals surface area contributed by atoms with Crippen LogP contribution in [0.5, 0.6) is 5.88 Å². The van der Waals surface area contributed by atoms with E-state index in [1.807, 2.05) is 0 Å². The summed E-state index contributed by atoms with van der Waals surface area (Å²) in [4.78, 5) is 12.8. The van der Waals surface area contributed by atoms with Crippen molar-refractivity contribution in [2.45, 2.75) is 54.0 Å². The minimum absolute atomic E-state index is 0.0743. The third-order valence-corrected chi connectivity index (χ3v) is 8.60. The average Bonchev–Trinajstić information content (AvgIpc) is 2.72. The highest BCUT2D eigenvalue weighted by atomic mass is 32.2. The molecule has 1 aromatic heterocycles. The summed E-state index contributed by atoms with van der Waals surface area (Å²) < 4.78 is 30.4. The summed E-state index contributed by atoms with van der Waals surface area (Å²) in [7, 11) is -2.37. The third-order valence-electron chi connectivity index (χ3n) is 6.94. The number of carbonyl (C=O) groups excluding carboxylic acids is 1. The van der Waals surface area contributed by atoms with Crippen LogP contribution in [0.25, 0.3) is 0 Å². The molecule has 0 saturated heterocycles. The van der Waals surface area contributed by atoms with Crippen LogP contribution in [0, 0.1) is 17.8 Å². The predicted octanol–water partition coefficient (Wildman–Crippen LogP) is 3.41. The number of sulfone groups is 1. The summed E-state index contributed by atoms with van der Waals surface area (Å²) in [6.45, 7) is 0. The Morgan fingerprint density at radius 1 is 0.968 bits per heavy atom. The number of aromatic nitrogens is 2. The van der Waals surface area contributed by atoms with Crippen LogP contribution in [0.15, 0.2) is 46.3 Å². The maximum absolute atomic E-state index is 12.7. The molecule has 8 nitrogen and oxygen atoms in total. The molecule has 0 unspecified atom stereocenters. The van der Waals surface area contributed by atoms with Crippen molar-refractivity contribution in [3.05, 3.63) is 36.4 Å². The Bertz CT molecular complexity index is 1050. The second-order valence-corrected chi connectivity index (χ2v) is 11.1. The minimum Gasteiger partial charge on any atom is -0.480 e. The minimum atomic E-state index is -3.80. The standard InChI is InChI=1S/C22H26N4O4S/c1-30-19-6-7-20(26-25-19)31(28,29)18-4-2-17(3-5-18)23-21(27)24-22-11-14-8-15(12-22)10-16(9-14)13-22/h2-7,14-16H,8-13H2,1H3,(H2,23,24,27). The van der Waals surface area contributed by atoms with Gasteiger partial charge in [-0.25, -0.2) is 13.2 Å². The molecule has 1 heterocycles. The fourth-order valence-electron chi connectivity index (χ4n) is 6.07. The lowest BCUT2D eigenvalue weighted by Crippen LogP contribution is -2.60. The van der Waals surface area contributed by atoms with Crippen molar-refractivity contribution in [2.75, 3.05) is 12.4 Å². The van der Waals surface area contributed by atoms with E-state index in [0.717, 1.165) is 37.0 Å². The number of amides is 2. The van der Waals surface area contributed by atoms with Crippen LogP contribution in [0.3, 0.4) is 0 Å². The number of anilines is 1. The average molecular weight is 443 g/mol. The van der Waals surface area contributed by atoms with Gasteiger partial charge in [-0.1, -0.05) is 0 Å². The molecule has 4 fully saturated rings. The van der Waals surface area contributed by atoms with E-state index in [1.165, 1.54) is 50.6 Å². The quantitative estimate of drug-likeness (QED) is 0.734. The topological polar surface area (TPSA) is 110 Å². The molecule has 4 bridgehead atoms. The van der Waals surface area contributed by atoms with Crippen LogP contribution in [-0.2, 0) is 9.84 Å². The number of benzene rings is 1. The Labute approximate surface area is 181 Å². The van der Waals surface area contributed by atoms with Crippen molar-refractivity contribution >= 4 is 21.6 Å². The number of urea groups is 1. The first kappa shape index (κ1) is 20.2. The van der Waals surface area contributed by atoms with Crippen LogP contribution >= 0.6 is 0 Å². The van der Waals surface area contributed by atoms with Gasteiger partial charge >= 0.3 is 6.03 Å². The zero-order chi connectivity index (χ0) is 21.6. The Morgan fingerprint density at radius 3 is 2.10 bits per heavy atom. The molecular weight excluding hydrogens is 416 g/mol. The van der Waals surface area contributed by atoms with Crippen molar-refractivity contribution < 1.29 is 17.9 Å². The molecular formula is C22H26N4O4S. The largest absolute Gasteiger partial charge is 0.480 e. The van der Waals surface area contributed by atoms with Crippen LogP contribution in [0.4, 0.5) is 10.5 Å². The van der Waals surface area contributed by atoms with Gasteiger partial charge in [0.1, 0.15) is 0 Å². The number of hydrogen-bond acceptors (Lipinski definition) is 6. The molecule has 2 N–H and O–H groups in total. The van der Waals surface area contributed by atoms with E-state index in [0.29, 0.717) is 5.69 Å². The summed E-state index contributed by atoms with van der Waals surface area (Å²) in [5.74, 6) is 2.48. The maximum Gasteiger partial charge on any atom is 0.319 e. The Hall–Kier alpha value is -2.68. The zero-order valence-electron chi connectivity index (χ0n) is 17.4. The van der Waals surface area contributed by atoms with E-state index in [1.54, 1.807) is 12.1 Å². The van der Waals surface area contributed by atoms with E-state index in [-0.39, 0.29) is 27.4 Å². The number of nitrogens with one attached hydrogen (secondary N) is 2. The molecule has 1 aromatic carbocycles. The molecule has 4 saturated carbocycles. The van der Waals surface area contributed by atoms with Crippen molar-refractivity contribution in [1.29, 1.82) is 0 Å². The summed E-state index contributed by atoms with van der Waals surface area (Å²) in [6, 6.07) is 8.67. The summed E-state index contributed by atoms with van der Waals surface area (Å²) in [6.07, 6.45) is 7.18. The lowest BCUT2D eigenvalue weighted by Gasteiger charge is -2.56. The van der Waals surface area contributed by atoms with Crippen LogP contribution in [0.1, 0.15) is 38.5 Å². The number of nitrogens with zero attached hydrogens (tertiary/aromatic N) is 2. The second kappa shape index (κ2) is 7.47. The fraction of sp³-hybridized carbons (Fsp3) is 0.500. The normalized spacial score (nSPS) is 28.9. The van der Waals surface area contributed by atoms with Gasteiger partial charge in [0.05, 0.1) is 12.0 Å².